The predicted molar refractivity (Wildman–Crippen MR) is 144 cm³/mol. The van der Waals surface area contributed by atoms with Crippen LogP contribution in [0.5, 0.6) is 0 Å². The van der Waals surface area contributed by atoms with Crippen molar-refractivity contribution in [2.45, 2.75) is 65.2 Å². The number of ether oxygens (including phenoxy) is 1. The number of esters is 1. The van der Waals surface area contributed by atoms with Crippen LogP contribution >= 0.6 is 0 Å². The molecule has 1 saturated carbocycles. The van der Waals surface area contributed by atoms with E-state index in [0.717, 1.165) is 43.5 Å². The Bertz CT molecular complexity index is 1180. The van der Waals surface area contributed by atoms with Crippen molar-refractivity contribution in [1.82, 2.24) is 0 Å². The quantitative estimate of drug-likeness (QED) is 0.365. The van der Waals surface area contributed by atoms with Gasteiger partial charge >= 0.3 is 5.97 Å². The number of methoxy groups -OCH3 is 1. The van der Waals surface area contributed by atoms with Gasteiger partial charge in [0.2, 0.25) is 0 Å². The molecule has 3 nitrogen and oxygen atoms in total. The SMILES string of the molecule is COC(=O)[C@]1(C)CCC[C@]2(C)c3ccc(N(c4ccc(C)cc4)c4ccc(C)cc4)cc3CC[C@@H]12. The van der Waals surface area contributed by atoms with Crippen molar-refractivity contribution in [2.75, 3.05) is 12.0 Å². The lowest BCUT2D eigenvalue weighted by Crippen LogP contribution is -2.52. The molecule has 0 spiro atoms. The van der Waals surface area contributed by atoms with Crippen LogP contribution in [0.3, 0.4) is 0 Å². The van der Waals surface area contributed by atoms with Gasteiger partial charge in [0.05, 0.1) is 12.5 Å². The summed E-state index contributed by atoms with van der Waals surface area (Å²) in [6.45, 7) is 8.77. The van der Waals surface area contributed by atoms with Crippen LogP contribution in [0.1, 0.15) is 61.8 Å². The molecule has 0 heterocycles. The summed E-state index contributed by atoms with van der Waals surface area (Å²) < 4.78 is 5.29. The first-order chi connectivity index (χ1) is 16.8. The molecule has 0 aliphatic heterocycles. The Balaban J connectivity index is 1.58. The number of aryl methyl sites for hydroxylation is 3. The molecule has 3 aromatic rings. The first-order valence-corrected chi connectivity index (χ1v) is 12.9. The summed E-state index contributed by atoms with van der Waals surface area (Å²) in [7, 11) is 1.54. The van der Waals surface area contributed by atoms with Gasteiger partial charge in [0.15, 0.2) is 0 Å². The van der Waals surface area contributed by atoms with Crippen molar-refractivity contribution in [1.29, 1.82) is 0 Å². The average Bonchev–Trinajstić information content (AvgIpc) is 2.85. The Morgan fingerprint density at radius 3 is 2.00 bits per heavy atom. The van der Waals surface area contributed by atoms with Crippen molar-refractivity contribution in [3.63, 3.8) is 0 Å². The molecule has 0 saturated heterocycles. The van der Waals surface area contributed by atoms with E-state index in [1.165, 1.54) is 35.1 Å². The highest BCUT2D eigenvalue weighted by molar-refractivity contribution is 5.79. The van der Waals surface area contributed by atoms with Gasteiger partial charge < -0.3 is 9.64 Å². The van der Waals surface area contributed by atoms with Gasteiger partial charge in [-0.2, -0.15) is 0 Å². The van der Waals surface area contributed by atoms with Gasteiger partial charge in [0, 0.05) is 17.1 Å². The number of rotatable bonds is 4. The normalized spacial score (nSPS) is 25.3. The molecule has 182 valence electrons. The second kappa shape index (κ2) is 8.86. The molecule has 3 heteroatoms. The summed E-state index contributed by atoms with van der Waals surface area (Å²) in [6, 6.07) is 24.5. The van der Waals surface area contributed by atoms with E-state index in [4.69, 9.17) is 4.74 Å². The lowest BCUT2D eigenvalue weighted by atomic mass is 9.50. The fourth-order valence-corrected chi connectivity index (χ4v) is 6.93. The topological polar surface area (TPSA) is 29.5 Å². The van der Waals surface area contributed by atoms with Crippen LogP contribution in [0, 0.1) is 25.2 Å². The van der Waals surface area contributed by atoms with Gasteiger partial charge in [-0.1, -0.05) is 54.8 Å². The zero-order chi connectivity index (χ0) is 24.8. The first kappa shape index (κ1) is 23.7. The molecule has 0 amide bonds. The molecule has 0 unspecified atom stereocenters. The highest BCUT2D eigenvalue weighted by atomic mass is 16.5. The summed E-state index contributed by atoms with van der Waals surface area (Å²) in [4.78, 5) is 15.2. The second-order valence-electron chi connectivity index (χ2n) is 11.1. The van der Waals surface area contributed by atoms with Gasteiger partial charge in [0.25, 0.3) is 0 Å². The first-order valence-electron chi connectivity index (χ1n) is 12.9. The maximum atomic E-state index is 12.9. The Morgan fingerprint density at radius 2 is 1.43 bits per heavy atom. The van der Waals surface area contributed by atoms with Crippen LogP contribution in [-0.2, 0) is 21.4 Å². The smallest absolute Gasteiger partial charge is 0.311 e. The monoisotopic (exact) mass is 467 g/mol. The highest BCUT2D eigenvalue weighted by Crippen LogP contribution is 2.58. The Kier molecular flexibility index (Phi) is 5.99. The molecule has 5 rings (SSSR count). The largest absolute Gasteiger partial charge is 0.469 e. The number of benzene rings is 3. The Hall–Kier alpha value is -3.07. The second-order valence-corrected chi connectivity index (χ2v) is 11.1. The number of hydrogen-bond acceptors (Lipinski definition) is 3. The Morgan fingerprint density at radius 1 is 0.857 bits per heavy atom. The van der Waals surface area contributed by atoms with Crippen molar-refractivity contribution in [3.05, 3.63) is 89.0 Å². The van der Waals surface area contributed by atoms with E-state index < -0.39 is 5.41 Å². The molecule has 2 aliphatic carbocycles. The summed E-state index contributed by atoms with van der Waals surface area (Å²) in [5.74, 6) is 0.262. The summed E-state index contributed by atoms with van der Waals surface area (Å²) >= 11 is 0. The summed E-state index contributed by atoms with van der Waals surface area (Å²) in [6.07, 6.45) is 5.11. The van der Waals surface area contributed by atoms with E-state index in [1.54, 1.807) is 0 Å². The summed E-state index contributed by atoms with van der Waals surface area (Å²) in [5.41, 5.74) is 8.44. The van der Waals surface area contributed by atoms with Gasteiger partial charge in [-0.15, -0.1) is 0 Å². The minimum absolute atomic E-state index is 0.00808. The zero-order valence-corrected chi connectivity index (χ0v) is 21.7. The molecular formula is C32H37NO2. The zero-order valence-electron chi connectivity index (χ0n) is 21.7. The predicted octanol–water partition coefficient (Wildman–Crippen LogP) is 7.96. The third-order valence-corrected chi connectivity index (χ3v) is 8.83. The van der Waals surface area contributed by atoms with Gasteiger partial charge in [0.1, 0.15) is 0 Å². The van der Waals surface area contributed by atoms with Crippen LogP contribution in [0.4, 0.5) is 17.1 Å². The van der Waals surface area contributed by atoms with Crippen LogP contribution in [0.15, 0.2) is 66.7 Å². The van der Waals surface area contributed by atoms with Crippen LogP contribution < -0.4 is 4.90 Å². The minimum Gasteiger partial charge on any atom is -0.469 e. The van der Waals surface area contributed by atoms with Crippen molar-refractivity contribution < 1.29 is 9.53 Å². The van der Waals surface area contributed by atoms with E-state index >= 15 is 0 Å². The molecule has 0 radical (unpaired) electrons. The molecular weight excluding hydrogens is 430 g/mol. The lowest BCUT2D eigenvalue weighted by molar-refractivity contribution is -0.161. The maximum absolute atomic E-state index is 12.9. The molecule has 35 heavy (non-hydrogen) atoms. The molecule has 3 aromatic carbocycles. The molecule has 0 bridgehead atoms. The third-order valence-electron chi connectivity index (χ3n) is 8.83. The van der Waals surface area contributed by atoms with E-state index in [9.17, 15) is 4.79 Å². The fourth-order valence-electron chi connectivity index (χ4n) is 6.93. The molecule has 0 aromatic heterocycles. The number of carbonyl (C=O) groups excluding carboxylic acids is 1. The third kappa shape index (κ3) is 3.95. The maximum Gasteiger partial charge on any atom is 0.311 e. The van der Waals surface area contributed by atoms with Gasteiger partial charge in [-0.25, -0.2) is 0 Å². The number of hydrogen-bond donors (Lipinski definition) is 0. The van der Waals surface area contributed by atoms with Crippen molar-refractivity contribution in [2.24, 2.45) is 11.3 Å². The molecule has 0 N–H and O–H groups in total. The van der Waals surface area contributed by atoms with Crippen molar-refractivity contribution in [3.8, 4) is 0 Å². The van der Waals surface area contributed by atoms with Crippen LogP contribution in [-0.4, -0.2) is 13.1 Å². The minimum atomic E-state index is -0.409. The molecule has 1 fully saturated rings. The number of anilines is 3. The lowest BCUT2D eigenvalue weighted by Gasteiger charge is -2.54. The summed E-state index contributed by atoms with van der Waals surface area (Å²) in [5, 5.41) is 0. The standard InChI is InChI=1S/C32H37NO2/c1-22-7-12-25(13-8-22)33(26-14-9-23(2)10-15-26)27-16-17-28-24(21-27)11-18-29-31(28,3)19-6-20-32(29,4)30(34)35-5/h7-10,12-17,21,29H,6,11,18-20H2,1-5H3/t29-,31-,32-/m1/s1. The van der Waals surface area contributed by atoms with E-state index in [2.05, 4.69) is 99.3 Å². The fraction of sp³-hybridized carbons (Fsp3) is 0.406. The van der Waals surface area contributed by atoms with E-state index in [1.807, 2.05) is 0 Å². The van der Waals surface area contributed by atoms with E-state index in [0.29, 0.717) is 5.92 Å². The number of nitrogens with zero attached hydrogens (tertiary/aromatic N) is 1. The van der Waals surface area contributed by atoms with E-state index in [-0.39, 0.29) is 11.4 Å². The highest BCUT2D eigenvalue weighted by Gasteiger charge is 2.55. The number of fused-ring (bicyclic) bond motifs is 3. The Labute approximate surface area is 210 Å². The van der Waals surface area contributed by atoms with Crippen molar-refractivity contribution >= 4 is 23.0 Å². The van der Waals surface area contributed by atoms with Gasteiger partial charge in [-0.3, -0.25) is 4.79 Å². The van der Waals surface area contributed by atoms with Gasteiger partial charge in [-0.05, 0) is 105 Å². The molecule has 2 aliphatic rings. The van der Waals surface area contributed by atoms with Crippen LogP contribution in [0.25, 0.3) is 0 Å². The average molecular weight is 468 g/mol. The molecule has 3 atom stereocenters. The number of carbonyl (C=O) groups is 1. The van der Waals surface area contributed by atoms with Crippen LogP contribution in [0.2, 0.25) is 0 Å².